The quantitative estimate of drug-likeness (QED) is 0.637. The second-order valence-electron chi connectivity index (χ2n) is 4.85. The molecule has 0 heterocycles. The maximum absolute atomic E-state index is 12.4. The van der Waals surface area contributed by atoms with Crippen LogP contribution in [-0.2, 0) is 4.57 Å². The van der Waals surface area contributed by atoms with Crippen molar-refractivity contribution < 1.29 is 13.9 Å². The SMILES string of the molecule is Cc1cc(C)c([PH](=O)Oc2ccc(C=O)cc2)c(C)c1. The molecule has 1 unspecified atom stereocenters. The molecule has 2 aromatic carbocycles. The lowest BCUT2D eigenvalue weighted by Crippen LogP contribution is -2.09. The first kappa shape index (κ1) is 14.5. The summed E-state index contributed by atoms with van der Waals surface area (Å²) in [5.41, 5.74) is 3.68. The van der Waals surface area contributed by atoms with Gasteiger partial charge >= 0.3 is 0 Å². The second-order valence-corrected chi connectivity index (χ2v) is 6.13. The highest BCUT2D eigenvalue weighted by molar-refractivity contribution is 7.49. The average Bonchev–Trinajstić information content (AvgIpc) is 2.38. The molecule has 0 amide bonds. The Balaban J connectivity index is 2.25. The van der Waals surface area contributed by atoms with Gasteiger partial charge in [0.25, 0.3) is 8.03 Å². The normalized spacial score (nSPS) is 11.9. The molecule has 104 valence electrons. The molecule has 0 N–H and O–H groups in total. The molecule has 0 saturated heterocycles. The van der Waals surface area contributed by atoms with E-state index in [0.29, 0.717) is 11.3 Å². The van der Waals surface area contributed by atoms with Crippen molar-refractivity contribution in [3.05, 3.63) is 58.7 Å². The van der Waals surface area contributed by atoms with Crippen molar-refractivity contribution in [2.75, 3.05) is 0 Å². The minimum Gasteiger partial charge on any atom is -0.442 e. The van der Waals surface area contributed by atoms with E-state index in [9.17, 15) is 9.36 Å². The second kappa shape index (κ2) is 6.06. The first-order valence-corrected chi connectivity index (χ1v) is 7.68. The fourth-order valence-corrected chi connectivity index (χ4v) is 3.52. The molecule has 2 rings (SSSR count). The zero-order chi connectivity index (χ0) is 14.7. The van der Waals surface area contributed by atoms with E-state index in [1.165, 1.54) is 0 Å². The van der Waals surface area contributed by atoms with Gasteiger partial charge in [-0.05, 0) is 56.2 Å². The molecule has 4 heteroatoms. The van der Waals surface area contributed by atoms with Crippen LogP contribution in [0.5, 0.6) is 5.75 Å². The van der Waals surface area contributed by atoms with Gasteiger partial charge in [0.1, 0.15) is 12.0 Å². The first-order valence-electron chi connectivity index (χ1n) is 6.36. The highest BCUT2D eigenvalue weighted by Crippen LogP contribution is 2.29. The molecule has 3 nitrogen and oxygen atoms in total. The number of benzene rings is 2. The molecular weight excluding hydrogens is 271 g/mol. The van der Waals surface area contributed by atoms with E-state index in [1.807, 2.05) is 32.9 Å². The van der Waals surface area contributed by atoms with Crippen molar-refractivity contribution in [3.63, 3.8) is 0 Å². The Labute approximate surface area is 119 Å². The Kier molecular flexibility index (Phi) is 4.41. The third kappa shape index (κ3) is 3.17. The van der Waals surface area contributed by atoms with Crippen LogP contribution in [0.4, 0.5) is 0 Å². The topological polar surface area (TPSA) is 43.4 Å². The summed E-state index contributed by atoms with van der Waals surface area (Å²) in [6, 6.07) is 10.6. The molecule has 1 atom stereocenters. The summed E-state index contributed by atoms with van der Waals surface area (Å²) in [6.07, 6.45) is 0.765. The Morgan fingerprint density at radius 3 is 2.05 bits per heavy atom. The number of aldehydes is 1. The van der Waals surface area contributed by atoms with E-state index in [-0.39, 0.29) is 0 Å². The lowest BCUT2D eigenvalue weighted by Gasteiger charge is -2.12. The molecule has 0 aliphatic carbocycles. The summed E-state index contributed by atoms with van der Waals surface area (Å²) in [7, 11) is -2.35. The molecule has 0 fully saturated rings. The largest absolute Gasteiger partial charge is 0.442 e. The van der Waals surface area contributed by atoms with Gasteiger partial charge in [-0.2, -0.15) is 0 Å². The van der Waals surface area contributed by atoms with Crippen LogP contribution in [-0.4, -0.2) is 6.29 Å². The lowest BCUT2D eigenvalue weighted by molar-refractivity contribution is 0.112. The van der Waals surface area contributed by atoms with Crippen LogP contribution in [0.2, 0.25) is 0 Å². The maximum atomic E-state index is 12.4. The van der Waals surface area contributed by atoms with Gasteiger partial charge in [0.15, 0.2) is 0 Å². The van der Waals surface area contributed by atoms with E-state index in [2.05, 4.69) is 0 Å². The van der Waals surface area contributed by atoms with Crippen LogP contribution >= 0.6 is 8.03 Å². The lowest BCUT2D eigenvalue weighted by atomic mass is 10.1. The number of carbonyl (C=O) groups is 1. The zero-order valence-electron chi connectivity index (χ0n) is 11.8. The van der Waals surface area contributed by atoms with Gasteiger partial charge in [0, 0.05) is 5.56 Å². The number of aryl methyl sites for hydroxylation is 3. The van der Waals surface area contributed by atoms with Crippen molar-refractivity contribution in [3.8, 4) is 5.75 Å². The zero-order valence-corrected chi connectivity index (χ0v) is 12.8. The predicted molar refractivity (Wildman–Crippen MR) is 81.7 cm³/mol. The molecule has 0 aliphatic heterocycles. The minimum atomic E-state index is -2.35. The summed E-state index contributed by atoms with van der Waals surface area (Å²) < 4.78 is 17.9. The molecule has 0 aliphatic rings. The van der Waals surface area contributed by atoms with Gasteiger partial charge in [-0.15, -0.1) is 0 Å². The molecule has 20 heavy (non-hydrogen) atoms. The van der Waals surface area contributed by atoms with Gasteiger partial charge in [-0.1, -0.05) is 17.7 Å². The highest BCUT2D eigenvalue weighted by Gasteiger charge is 2.12. The minimum absolute atomic E-state index is 0.513. The van der Waals surface area contributed by atoms with Crippen LogP contribution in [0.3, 0.4) is 0 Å². The van der Waals surface area contributed by atoms with Gasteiger partial charge in [0.2, 0.25) is 0 Å². The van der Waals surface area contributed by atoms with Gasteiger partial charge in [0.05, 0.1) is 5.30 Å². The molecule has 0 aromatic heterocycles. The highest BCUT2D eigenvalue weighted by atomic mass is 31.1. The Hall–Kier alpha value is -1.86. The summed E-state index contributed by atoms with van der Waals surface area (Å²) in [4.78, 5) is 10.6. The van der Waals surface area contributed by atoms with Crippen LogP contribution in [0.1, 0.15) is 27.0 Å². The summed E-state index contributed by atoms with van der Waals surface area (Å²) in [6.45, 7) is 5.90. The Bertz CT molecular complexity index is 637. The van der Waals surface area contributed by atoms with Crippen LogP contribution in [0.15, 0.2) is 36.4 Å². The summed E-state index contributed by atoms with van der Waals surface area (Å²) in [5.74, 6) is 0.513. The standard InChI is InChI=1S/C16H17O3P/c1-11-8-12(2)16(13(3)9-11)20(18)19-15-6-4-14(10-17)5-7-15/h4-10,20H,1-3H3. The number of hydrogen-bond donors (Lipinski definition) is 0. The third-order valence-electron chi connectivity index (χ3n) is 3.11. The third-order valence-corrected chi connectivity index (χ3v) is 4.73. The maximum Gasteiger partial charge on any atom is 0.266 e. The van der Waals surface area contributed by atoms with Crippen molar-refractivity contribution in [1.82, 2.24) is 0 Å². The fourth-order valence-electron chi connectivity index (χ4n) is 2.27. The van der Waals surface area contributed by atoms with Crippen molar-refractivity contribution in [2.45, 2.75) is 20.8 Å². The van der Waals surface area contributed by atoms with Gasteiger partial charge in [-0.3, -0.25) is 9.36 Å². The van der Waals surface area contributed by atoms with E-state index in [4.69, 9.17) is 4.52 Å². The predicted octanol–water partition coefficient (Wildman–Crippen LogP) is 3.60. The van der Waals surface area contributed by atoms with E-state index in [0.717, 1.165) is 28.3 Å². The molecule has 0 bridgehead atoms. The van der Waals surface area contributed by atoms with E-state index >= 15 is 0 Å². The fraction of sp³-hybridized carbons (Fsp3) is 0.188. The molecule has 2 aromatic rings. The number of hydrogen-bond acceptors (Lipinski definition) is 3. The first-order chi connectivity index (χ1) is 9.51. The van der Waals surface area contributed by atoms with Crippen LogP contribution < -0.4 is 9.83 Å². The monoisotopic (exact) mass is 288 g/mol. The molecule has 0 spiro atoms. The Morgan fingerprint density at radius 1 is 1.00 bits per heavy atom. The van der Waals surface area contributed by atoms with Crippen LogP contribution in [0.25, 0.3) is 0 Å². The van der Waals surface area contributed by atoms with Crippen molar-refractivity contribution in [1.29, 1.82) is 0 Å². The van der Waals surface area contributed by atoms with Crippen LogP contribution in [0, 0.1) is 20.8 Å². The van der Waals surface area contributed by atoms with Crippen molar-refractivity contribution >= 4 is 19.6 Å². The molecule has 0 saturated carbocycles. The van der Waals surface area contributed by atoms with E-state index < -0.39 is 8.03 Å². The summed E-state index contributed by atoms with van der Waals surface area (Å²) in [5, 5.41) is 0.778. The smallest absolute Gasteiger partial charge is 0.266 e. The van der Waals surface area contributed by atoms with Gasteiger partial charge in [-0.25, -0.2) is 0 Å². The summed E-state index contributed by atoms with van der Waals surface area (Å²) >= 11 is 0. The molecule has 0 radical (unpaired) electrons. The van der Waals surface area contributed by atoms with Gasteiger partial charge < -0.3 is 4.52 Å². The number of rotatable bonds is 4. The van der Waals surface area contributed by atoms with E-state index in [1.54, 1.807) is 24.3 Å². The Morgan fingerprint density at radius 2 is 1.55 bits per heavy atom. The van der Waals surface area contributed by atoms with Crippen molar-refractivity contribution in [2.24, 2.45) is 0 Å². The number of carbonyl (C=O) groups excluding carboxylic acids is 1. The average molecular weight is 288 g/mol. The molecular formula is C16H17O3P.